The fourth-order valence-corrected chi connectivity index (χ4v) is 4.15. The molecule has 0 aromatic rings. The number of carbonyl (C=O) groups excluding carboxylic acids is 2. The van der Waals surface area contributed by atoms with Gasteiger partial charge in [-0.15, -0.1) is 0 Å². The van der Waals surface area contributed by atoms with E-state index in [1.54, 1.807) is 0 Å². The van der Waals surface area contributed by atoms with Gasteiger partial charge in [-0.25, -0.2) is 0 Å². The van der Waals surface area contributed by atoms with E-state index < -0.39 is 0 Å². The maximum absolute atomic E-state index is 12.7. The number of hydrogen-bond donors (Lipinski definition) is 0. The molecule has 0 aromatic heterocycles. The lowest BCUT2D eigenvalue weighted by Crippen LogP contribution is -2.64. The van der Waals surface area contributed by atoms with Crippen LogP contribution in [0.15, 0.2) is 0 Å². The number of hydrogen-bond acceptors (Lipinski definition) is 3. The monoisotopic (exact) mass is 298 g/mol. The molecule has 5 heteroatoms. The molecule has 2 amide bonds. The number of thioether (sulfide) groups is 1. The molecule has 0 aliphatic carbocycles. The van der Waals surface area contributed by atoms with Crippen LogP contribution < -0.4 is 0 Å². The van der Waals surface area contributed by atoms with Gasteiger partial charge in [-0.1, -0.05) is 13.8 Å². The zero-order valence-corrected chi connectivity index (χ0v) is 13.6. The third kappa shape index (κ3) is 2.83. The van der Waals surface area contributed by atoms with Gasteiger partial charge in [0.25, 0.3) is 0 Å². The Labute approximate surface area is 126 Å². The highest BCUT2D eigenvalue weighted by Gasteiger charge is 2.48. The van der Waals surface area contributed by atoms with Crippen LogP contribution in [0, 0.1) is 0 Å². The van der Waals surface area contributed by atoms with Crippen molar-refractivity contribution in [2.75, 3.05) is 18.1 Å². The van der Waals surface area contributed by atoms with Gasteiger partial charge < -0.3 is 9.80 Å². The topological polar surface area (TPSA) is 40.6 Å². The Balaban J connectivity index is 2.11. The molecule has 2 fully saturated rings. The summed E-state index contributed by atoms with van der Waals surface area (Å²) in [6, 6.07) is -0.247. The lowest BCUT2D eigenvalue weighted by Gasteiger charge is -2.45. The van der Waals surface area contributed by atoms with Crippen molar-refractivity contribution in [3.63, 3.8) is 0 Å². The summed E-state index contributed by atoms with van der Waals surface area (Å²) in [5, 5.41) is 0. The summed E-state index contributed by atoms with van der Waals surface area (Å²) in [4.78, 5) is 29.0. The van der Waals surface area contributed by atoms with E-state index in [2.05, 4.69) is 13.8 Å². The van der Waals surface area contributed by atoms with Crippen molar-refractivity contribution in [2.45, 2.75) is 64.6 Å². The third-order valence-electron chi connectivity index (χ3n) is 4.44. The van der Waals surface area contributed by atoms with Gasteiger partial charge in [0.1, 0.15) is 12.1 Å². The molecule has 0 aromatic carbocycles. The van der Waals surface area contributed by atoms with E-state index >= 15 is 0 Å². The van der Waals surface area contributed by atoms with Gasteiger partial charge in [0.2, 0.25) is 11.8 Å². The fraction of sp³-hybridized carbons (Fsp3) is 0.867. The van der Waals surface area contributed by atoms with Crippen LogP contribution in [0.5, 0.6) is 0 Å². The number of nitrogens with zero attached hydrogens (tertiary/aromatic N) is 2. The Bertz CT molecular complexity index is 375. The van der Waals surface area contributed by atoms with Gasteiger partial charge in [0.05, 0.1) is 0 Å². The fourth-order valence-electron chi connectivity index (χ4n) is 3.36. The summed E-state index contributed by atoms with van der Waals surface area (Å²) in [6.45, 7) is 7.01. The van der Waals surface area contributed by atoms with E-state index in [0.717, 1.165) is 43.7 Å². The molecule has 3 atom stereocenters. The first-order valence-corrected chi connectivity index (χ1v) is 8.97. The second-order valence-electron chi connectivity index (χ2n) is 5.69. The Morgan fingerprint density at radius 2 is 2.05 bits per heavy atom. The van der Waals surface area contributed by atoms with Crippen LogP contribution in [0.2, 0.25) is 0 Å². The Kier molecular flexibility index (Phi) is 5.35. The van der Waals surface area contributed by atoms with Crippen LogP contribution in [0.25, 0.3) is 0 Å². The molecular weight excluding hydrogens is 272 g/mol. The van der Waals surface area contributed by atoms with Gasteiger partial charge in [-0.3, -0.25) is 9.59 Å². The molecule has 2 aliphatic heterocycles. The Morgan fingerprint density at radius 3 is 2.70 bits per heavy atom. The second-order valence-corrected chi connectivity index (χ2v) is 7.09. The van der Waals surface area contributed by atoms with Crippen molar-refractivity contribution in [3.8, 4) is 0 Å². The van der Waals surface area contributed by atoms with Gasteiger partial charge in [-0.2, -0.15) is 11.8 Å². The highest BCUT2D eigenvalue weighted by atomic mass is 32.2. The SMILES string of the molecule is CCSCCC(C)N1C(=O)C2CCCN2C(=O)C1CC. The summed E-state index contributed by atoms with van der Waals surface area (Å²) in [7, 11) is 0. The van der Waals surface area contributed by atoms with Crippen LogP contribution in [-0.4, -0.2) is 57.8 Å². The normalized spacial score (nSPS) is 27.9. The highest BCUT2D eigenvalue weighted by molar-refractivity contribution is 7.99. The van der Waals surface area contributed by atoms with Crippen molar-refractivity contribution in [1.82, 2.24) is 9.80 Å². The third-order valence-corrected chi connectivity index (χ3v) is 5.37. The summed E-state index contributed by atoms with van der Waals surface area (Å²) < 4.78 is 0. The quantitative estimate of drug-likeness (QED) is 0.705. The molecule has 0 saturated carbocycles. The van der Waals surface area contributed by atoms with Gasteiger partial charge in [-0.05, 0) is 44.1 Å². The summed E-state index contributed by atoms with van der Waals surface area (Å²) in [5.41, 5.74) is 0. The first kappa shape index (κ1) is 15.7. The molecule has 2 rings (SSSR count). The molecular formula is C15H26N2O2S. The largest absolute Gasteiger partial charge is 0.329 e. The predicted molar refractivity (Wildman–Crippen MR) is 82.7 cm³/mol. The summed E-state index contributed by atoms with van der Waals surface area (Å²) >= 11 is 1.90. The number of piperazine rings is 1. The minimum Gasteiger partial charge on any atom is -0.329 e. The molecule has 4 nitrogen and oxygen atoms in total. The standard InChI is InChI=1S/C15H26N2O2S/c1-4-12-14(18)16-9-6-7-13(16)15(19)17(12)11(3)8-10-20-5-2/h11-13H,4-10H2,1-3H3. The minimum atomic E-state index is -0.238. The van der Waals surface area contributed by atoms with Crippen molar-refractivity contribution in [3.05, 3.63) is 0 Å². The molecule has 0 spiro atoms. The second kappa shape index (κ2) is 6.83. The zero-order valence-electron chi connectivity index (χ0n) is 12.8. The molecule has 0 bridgehead atoms. The molecule has 0 radical (unpaired) electrons. The maximum Gasteiger partial charge on any atom is 0.246 e. The van der Waals surface area contributed by atoms with Crippen molar-refractivity contribution >= 4 is 23.6 Å². The number of rotatable bonds is 6. The van der Waals surface area contributed by atoms with Crippen LogP contribution in [0.4, 0.5) is 0 Å². The molecule has 114 valence electrons. The first-order chi connectivity index (χ1) is 9.61. The average molecular weight is 298 g/mol. The lowest BCUT2D eigenvalue weighted by molar-refractivity contribution is -0.162. The van der Waals surface area contributed by atoms with E-state index in [1.807, 2.05) is 28.5 Å². The summed E-state index contributed by atoms with van der Waals surface area (Å²) in [6.07, 6.45) is 3.50. The van der Waals surface area contributed by atoms with E-state index in [1.165, 1.54) is 0 Å². The molecule has 2 saturated heterocycles. The average Bonchev–Trinajstić information content (AvgIpc) is 2.92. The lowest BCUT2D eigenvalue weighted by atomic mass is 10.00. The Hall–Kier alpha value is -0.710. The van der Waals surface area contributed by atoms with Crippen molar-refractivity contribution in [2.24, 2.45) is 0 Å². The van der Waals surface area contributed by atoms with Crippen LogP contribution in [-0.2, 0) is 9.59 Å². The molecule has 3 unspecified atom stereocenters. The highest BCUT2D eigenvalue weighted by Crippen LogP contribution is 2.30. The Morgan fingerprint density at radius 1 is 1.30 bits per heavy atom. The first-order valence-electron chi connectivity index (χ1n) is 7.82. The van der Waals surface area contributed by atoms with E-state index in [9.17, 15) is 9.59 Å². The van der Waals surface area contributed by atoms with Crippen molar-refractivity contribution < 1.29 is 9.59 Å². The predicted octanol–water partition coefficient (Wildman–Crippen LogP) is 2.13. The van der Waals surface area contributed by atoms with Crippen LogP contribution >= 0.6 is 11.8 Å². The van der Waals surface area contributed by atoms with Gasteiger partial charge in [0.15, 0.2) is 0 Å². The zero-order chi connectivity index (χ0) is 14.7. The molecule has 2 aliphatic rings. The minimum absolute atomic E-state index is 0.165. The van der Waals surface area contributed by atoms with Crippen LogP contribution in [0.1, 0.15) is 46.5 Å². The van der Waals surface area contributed by atoms with Gasteiger partial charge in [0, 0.05) is 12.6 Å². The number of carbonyl (C=O) groups is 2. The maximum atomic E-state index is 12.7. The van der Waals surface area contributed by atoms with Crippen LogP contribution in [0.3, 0.4) is 0 Å². The number of amides is 2. The van der Waals surface area contributed by atoms with Crippen molar-refractivity contribution in [1.29, 1.82) is 0 Å². The molecule has 2 heterocycles. The summed E-state index contributed by atoms with van der Waals surface area (Å²) in [5.74, 6) is 2.51. The molecule has 20 heavy (non-hydrogen) atoms. The number of fused-ring (bicyclic) bond motifs is 1. The van der Waals surface area contributed by atoms with Gasteiger partial charge >= 0.3 is 0 Å². The molecule has 0 N–H and O–H groups in total. The van der Waals surface area contributed by atoms with E-state index in [0.29, 0.717) is 0 Å². The van der Waals surface area contributed by atoms with E-state index in [-0.39, 0.29) is 29.9 Å². The smallest absolute Gasteiger partial charge is 0.246 e. The van der Waals surface area contributed by atoms with E-state index in [4.69, 9.17) is 0 Å².